The Morgan fingerprint density at radius 3 is 2.67 bits per heavy atom. The van der Waals surface area contributed by atoms with Crippen LogP contribution in [-0.2, 0) is 16.1 Å². The van der Waals surface area contributed by atoms with Gasteiger partial charge in [-0.2, -0.15) is 0 Å². The van der Waals surface area contributed by atoms with Crippen molar-refractivity contribution in [2.45, 2.75) is 39.4 Å². The third-order valence-corrected chi connectivity index (χ3v) is 3.36. The van der Waals surface area contributed by atoms with E-state index in [1.54, 1.807) is 24.9 Å². The summed E-state index contributed by atoms with van der Waals surface area (Å²) in [6.45, 7) is 6.55. The van der Waals surface area contributed by atoms with Gasteiger partial charge >= 0.3 is 0 Å². The van der Waals surface area contributed by atoms with Crippen LogP contribution in [0.15, 0.2) is 12.4 Å². The SMILES string of the molecule is Cc1nccn1CCN1C(=O)C(C)NC(=O)C1C. The number of amides is 2. The normalized spacial score (nSPS) is 24.3. The van der Waals surface area contributed by atoms with Crippen molar-refractivity contribution in [3.63, 3.8) is 0 Å². The smallest absolute Gasteiger partial charge is 0.245 e. The molecule has 0 radical (unpaired) electrons. The number of hydrogen-bond acceptors (Lipinski definition) is 3. The van der Waals surface area contributed by atoms with E-state index in [-0.39, 0.29) is 11.8 Å². The zero-order valence-electron chi connectivity index (χ0n) is 10.9. The Balaban J connectivity index is 2.05. The number of imidazole rings is 1. The Hall–Kier alpha value is -1.85. The van der Waals surface area contributed by atoms with Crippen LogP contribution in [-0.4, -0.2) is 44.9 Å². The summed E-state index contributed by atoms with van der Waals surface area (Å²) >= 11 is 0. The number of hydrogen-bond donors (Lipinski definition) is 1. The van der Waals surface area contributed by atoms with Gasteiger partial charge in [0.15, 0.2) is 0 Å². The van der Waals surface area contributed by atoms with Crippen LogP contribution < -0.4 is 5.32 Å². The molecule has 0 saturated carbocycles. The third-order valence-electron chi connectivity index (χ3n) is 3.36. The fourth-order valence-electron chi connectivity index (χ4n) is 2.14. The van der Waals surface area contributed by atoms with Gasteiger partial charge < -0.3 is 14.8 Å². The Labute approximate surface area is 106 Å². The van der Waals surface area contributed by atoms with E-state index in [0.29, 0.717) is 13.1 Å². The lowest BCUT2D eigenvalue weighted by atomic mass is 10.1. The van der Waals surface area contributed by atoms with Crippen molar-refractivity contribution in [1.82, 2.24) is 19.8 Å². The second-order valence-electron chi connectivity index (χ2n) is 4.61. The molecular formula is C12H18N4O2. The summed E-state index contributed by atoms with van der Waals surface area (Å²) in [6.07, 6.45) is 3.60. The van der Waals surface area contributed by atoms with Crippen LogP contribution in [0.5, 0.6) is 0 Å². The van der Waals surface area contributed by atoms with Crippen LogP contribution in [0.1, 0.15) is 19.7 Å². The highest BCUT2D eigenvalue weighted by molar-refractivity contribution is 5.96. The molecule has 1 fully saturated rings. The van der Waals surface area contributed by atoms with Gasteiger partial charge in [0.05, 0.1) is 0 Å². The van der Waals surface area contributed by atoms with Crippen LogP contribution >= 0.6 is 0 Å². The first-order chi connectivity index (χ1) is 8.50. The number of rotatable bonds is 3. The van der Waals surface area contributed by atoms with Gasteiger partial charge in [0.1, 0.15) is 17.9 Å². The number of carbonyl (C=O) groups excluding carboxylic acids is 2. The molecule has 0 spiro atoms. The highest BCUT2D eigenvalue weighted by Crippen LogP contribution is 2.10. The molecule has 1 aromatic heterocycles. The van der Waals surface area contributed by atoms with Crippen LogP contribution in [0.4, 0.5) is 0 Å². The summed E-state index contributed by atoms with van der Waals surface area (Å²) in [5, 5.41) is 2.66. The fraction of sp³-hybridized carbons (Fsp3) is 0.583. The van der Waals surface area contributed by atoms with Crippen LogP contribution in [0.25, 0.3) is 0 Å². The molecule has 1 saturated heterocycles. The lowest BCUT2D eigenvalue weighted by molar-refractivity contribution is -0.148. The Morgan fingerprint density at radius 2 is 2.06 bits per heavy atom. The molecule has 1 aromatic rings. The van der Waals surface area contributed by atoms with Crippen molar-refractivity contribution in [3.05, 3.63) is 18.2 Å². The molecule has 2 atom stereocenters. The average molecular weight is 250 g/mol. The molecule has 0 aliphatic carbocycles. The van der Waals surface area contributed by atoms with Gasteiger partial charge in [-0.3, -0.25) is 9.59 Å². The maximum absolute atomic E-state index is 12.0. The van der Waals surface area contributed by atoms with Gasteiger partial charge in [0.25, 0.3) is 0 Å². The molecule has 2 heterocycles. The molecule has 6 nitrogen and oxygen atoms in total. The summed E-state index contributed by atoms with van der Waals surface area (Å²) in [5.41, 5.74) is 0. The van der Waals surface area contributed by atoms with Crippen molar-refractivity contribution in [2.75, 3.05) is 6.54 Å². The van der Waals surface area contributed by atoms with E-state index in [1.807, 2.05) is 17.7 Å². The summed E-state index contributed by atoms with van der Waals surface area (Å²) < 4.78 is 1.97. The molecule has 18 heavy (non-hydrogen) atoms. The molecule has 1 aliphatic heterocycles. The minimum atomic E-state index is -0.433. The molecule has 2 amide bonds. The van der Waals surface area contributed by atoms with Crippen LogP contribution in [0.2, 0.25) is 0 Å². The maximum Gasteiger partial charge on any atom is 0.245 e. The zero-order chi connectivity index (χ0) is 13.3. The van der Waals surface area contributed by atoms with E-state index >= 15 is 0 Å². The molecular weight excluding hydrogens is 232 g/mol. The Kier molecular flexibility index (Phi) is 3.36. The second kappa shape index (κ2) is 4.80. The zero-order valence-corrected chi connectivity index (χ0v) is 10.9. The van der Waals surface area contributed by atoms with E-state index in [1.165, 1.54) is 0 Å². The Morgan fingerprint density at radius 1 is 1.33 bits per heavy atom. The molecule has 0 bridgehead atoms. The molecule has 1 N–H and O–H groups in total. The van der Waals surface area contributed by atoms with Crippen molar-refractivity contribution in [2.24, 2.45) is 0 Å². The van der Waals surface area contributed by atoms with E-state index in [2.05, 4.69) is 10.3 Å². The first-order valence-electron chi connectivity index (χ1n) is 6.09. The maximum atomic E-state index is 12.0. The predicted molar refractivity (Wildman–Crippen MR) is 65.7 cm³/mol. The van der Waals surface area contributed by atoms with E-state index < -0.39 is 12.1 Å². The third kappa shape index (κ3) is 2.23. The summed E-state index contributed by atoms with van der Waals surface area (Å²) in [4.78, 5) is 29.4. The average Bonchev–Trinajstić information content (AvgIpc) is 2.73. The quantitative estimate of drug-likeness (QED) is 0.816. The number of aromatic nitrogens is 2. The molecule has 0 aromatic carbocycles. The summed E-state index contributed by atoms with van der Waals surface area (Å²) in [7, 11) is 0. The number of aryl methyl sites for hydroxylation is 1. The lowest BCUT2D eigenvalue weighted by Crippen LogP contribution is -2.61. The molecule has 98 valence electrons. The van der Waals surface area contributed by atoms with Gasteiger partial charge in [-0.15, -0.1) is 0 Å². The predicted octanol–water partition coefficient (Wildman–Crippen LogP) is -0.0731. The number of nitrogens with one attached hydrogen (secondary N) is 1. The van der Waals surface area contributed by atoms with Crippen molar-refractivity contribution >= 4 is 11.8 Å². The van der Waals surface area contributed by atoms with E-state index in [9.17, 15) is 9.59 Å². The van der Waals surface area contributed by atoms with Crippen LogP contribution in [0, 0.1) is 6.92 Å². The first-order valence-corrected chi connectivity index (χ1v) is 6.09. The van der Waals surface area contributed by atoms with Gasteiger partial charge in [0.2, 0.25) is 11.8 Å². The largest absolute Gasteiger partial charge is 0.343 e. The minimum Gasteiger partial charge on any atom is -0.343 e. The van der Waals surface area contributed by atoms with Gasteiger partial charge in [-0.1, -0.05) is 0 Å². The fourth-order valence-corrected chi connectivity index (χ4v) is 2.14. The van der Waals surface area contributed by atoms with Gasteiger partial charge in [0, 0.05) is 25.5 Å². The topological polar surface area (TPSA) is 67.2 Å². The highest BCUT2D eigenvalue weighted by atomic mass is 16.2. The second-order valence-corrected chi connectivity index (χ2v) is 4.61. The summed E-state index contributed by atoms with van der Waals surface area (Å²) in [5.74, 6) is 0.786. The molecule has 2 unspecified atom stereocenters. The van der Waals surface area contributed by atoms with Gasteiger partial charge in [-0.05, 0) is 20.8 Å². The van der Waals surface area contributed by atoms with E-state index in [0.717, 1.165) is 5.82 Å². The van der Waals surface area contributed by atoms with Crippen LogP contribution in [0.3, 0.4) is 0 Å². The van der Waals surface area contributed by atoms with Crippen molar-refractivity contribution < 1.29 is 9.59 Å². The summed E-state index contributed by atoms with van der Waals surface area (Å²) in [6, 6.07) is -0.838. The lowest BCUT2D eigenvalue weighted by Gasteiger charge is -2.36. The van der Waals surface area contributed by atoms with Gasteiger partial charge in [-0.25, -0.2) is 4.98 Å². The van der Waals surface area contributed by atoms with Crippen molar-refractivity contribution in [3.8, 4) is 0 Å². The standard InChI is InChI=1S/C12H18N4O2/c1-8-12(18)16(9(2)11(17)14-8)7-6-15-5-4-13-10(15)3/h4-5,8-9H,6-7H2,1-3H3,(H,14,17). The van der Waals surface area contributed by atoms with E-state index in [4.69, 9.17) is 0 Å². The molecule has 1 aliphatic rings. The number of piperazine rings is 1. The number of nitrogens with zero attached hydrogens (tertiary/aromatic N) is 3. The molecule has 2 rings (SSSR count). The molecule has 6 heteroatoms. The minimum absolute atomic E-state index is 0.0279. The first kappa shape index (κ1) is 12.6. The van der Waals surface area contributed by atoms with Crippen molar-refractivity contribution in [1.29, 1.82) is 0 Å². The number of carbonyl (C=O) groups is 2. The highest BCUT2D eigenvalue weighted by Gasteiger charge is 2.35. The monoisotopic (exact) mass is 250 g/mol. The Bertz CT molecular complexity index is 468.